The summed E-state index contributed by atoms with van der Waals surface area (Å²) in [6, 6.07) is 0. The van der Waals surface area contributed by atoms with Crippen LogP contribution in [0, 0.1) is 0 Å². The molecule has 1 rings (SSSR count). The molecule has 0 saturated carbocycles. The number of nitrogens with one attached hydrogen (secondary N) is 1. The Morgan fingerprint density at radius 1 is 1.36 bits per heavy atom. The lowest BCUT2D eigenvalue weighted by Gasteiger charge is -2.38. The van der Waals surface area contributed by atoms with Crippen LogP contribution in [0.15, 0.2) is 11.5 Å². The van der Waals surface area contributed by atoms with Crippen molar-refractivity contribution in [2.24, 2.45) is 0 Å². The molecule has 0 saturated heterocycles. The van der Waals surface area contributed by atoms with Gasteiger partial charge in [0.15, 0.2) is 7.28 Å². The third-order valence-corrected chi connectivity index (χ3v) is 3.48. The predicted octanol–water partition coefficient (Wildman–Crippen LogP) is 1.27. The van der Waals surface area contributed by atoms with Gasteiger partial charge in [0.25, 0.3) is 0 Å². The monoisotopic (exact) mass is 195 g/mol. The van der Waals surface area contributed by atoms with Crippen molar-refractivity contribution in [2.75, 3.05) is 13.1 Å². The lowest BCUT2D eigenvalue weighted by atomic mass is 9.44. The molecule has 0 radical (unpaired) electrons. The molecule has 2 N–H and O–H groups in total. The molecule has 14 heavy (non-hydrogen) atoms. The zero-order valence-corrected chi connectivity index (χ0v) is 9.85. The van der Waals surface area contributed by atoms with Crippen molar-refractivity contribution in [1.29, 1.82) is 0 Å². The van der Waals surface area contributed by atoms with Gasteiger partial charge >= 0.3 is 0 Å². The number of aliphatic hydroxyl groups is 1. The van der Waals surface area contributed by atoms with Gasteiger partial charge in [-0.25, -0.2) is 0 Å². The lowest BCUT2D eigenvalue weighted by molar-refractivity contribution is 0.0407. The second-order valence-electron chi connectivity index (χ2n) is 5.44. The summed E-state index contributed by atoms with van der Waals surface area (Å²) in [5.74, 6) is 0. The van der Waals surface area contributed by atoms with Gasteiger partial charge in [0.2, 0.25) is 0 Å². The van der Waals surface area contributed by atoms with Crippen molar-refractivity contribution in [3.8, 4) is 0 Å². The molecule has 0 bridgehead atoms. The highest BCUT2D eigenvalue weighted by Crippen LogP contribution is 2.38. The van der Waals surface area contributed by atoms with Gasteiger partial charge in [-0.2, -0.15) is 0 Å². The molecule has 80 valence electrons. The van der Waals surface area contributed by atoms with E-state index in [2.05, 4.69) is 25.2 Å². The largest absolute Gasteiger partial charge is 0.391 e. The minimum Gasteiger partial charge on any atom is -0.391 e. The van der Waals surface area contributed by atoms with Crippen LogP contribution in [0.2, 0.25) is 5.31 Å². The van der Waals surface area contributed by atoms with E-state index in [0.717, 1.165) is 26.8 Å². The van der Waals surface area contributed by atoms with Crippen molar-refractivity contribution < 1.29 is 5.11 Å². The Bertz CT molecular complexity index is 228. The maximum atomic E-state index is 10.0. The topological polar surface area (TPSA) is 32.3 Å². The van der Waals surface area contributed by atoms with Crippen LogP contribution >= 0.6 is 0 Å². The number of rotatable bonds is 3. The van der Waals surface area contributed by atoms with Crippen LogP contribution in [0.3, 0.4) is 0 Å². The van der Waals surface area contributed by atoms with Gasteiger partial charge in [0.05, 0.1) is 5.60 Å². The first kappa shape index (κ1) is 11.8. The maximum absolute atomic E-state index is 10.0. The van der Waals surface area contributed by atoms with Gasteiger partial charge in [-0.15, -0.1) is 5.47 Å². The Hall–Kier alpha value is -0.275. The summed E-state index contributed by atoms with van der Waals surface area (Å²) in [7, 11) is 0.998. The zero-order valence-electron chi connectivity index (χ0n) is 9.85. The standard InChI is InChI=1S/C11H22BNO/c1-10(2,11(3,4)14)12-9-5-7-13-8-6-9/h5,12-14H,6-8H2,1-4H3. The molecular formula is C11H22BNO. The highest BCUT2D eigenvalue weighted by atomic mass is 16.3. The van der Waals surface area contributed by atoms with E-state index in [1.54, 1.807) is 0 Å². The van der Waals surface area contributed by atoms with E-state index in [1.165, 1.54) is 5.47 Å². The molecular weight excluding hydrogens is 173 g/mol. The van der Waals surface area contributed by atoms with Crippen LogP contribution in [0.4, 0.5) is 0 Å². The summed E-state index contributed by atoms with van der Waals surface area (Å²) in [6.45, 7) is 10.1. The second-order valence-corrected chi connectivity index (χ2v) is 5.44. The fraction of sp³-hybridized carbons (Fsp3) is 0.818. The van der Waals surface area contributed by atoms with Gasteiger partial charge in [0, 0.05) is 6.54 Å². The quantitative estimate of drug-likeness (QED) is 0.664. The molecule has 3 heteroatoms. The minimum atomic E-state index is -0.612. The third-order valence-electron chi connectivity index (χ3n) is 3.48. The van der Waals surface area contributed by atoms with E-state index in [0.29, 0.717) is 0 Å². The van der Waals surface area contributed by atoms with Crippen molar-refractivity contribution in [2.45, 2.75) is 45.0 Å². The van der Waals surface area contributed by atoms with Crippen LogP contribution in [0.5, 0.6) is 0 Å². The van der Waals surface area contributed by atoms with Crippen molar-refractivity contribution in [3.63, 3.8) is 0 Å². The summed E-state index contributed by atoms with van der Waals surface area (Å²) in [4.78, 5) is 0. The lowest BCUT2D eigenvalue weighted by Crippen LogP contribution is -2.39. The molecule has 2 nitrogen and oxygen atoms in total. The van der Waals surface area contributed by atoms with Gasteiger partial charge in [-0.05, 0) is 32.1 Å². The third kappa shape index (κ3) is 2.86. The fourth-order valence-electron chi connectivity index (χ4n) is 1.61. The zero-order chi connectivity index (χ0) is 10.8. The average molecular weight is 195 g/mol. The SMILES string of the molecule is CC(C)(O)C(C)(C)BC1=CCNCC1. The summed E-state index contributed by atoms with van der Waals surface area (Å²) in [5, 5.41) is 13.3. The average Bonchev–Trinajstić information content (AvgIpc) is 2.03. The van der Waals surface area contributed by atoms with Crippen LogP contribution < -0.4 is 5.32 Å². The smallest absolute Gasteiger partial charge is 0.161 e. The molecule has 0 aromatic heterocycles. The normalized spacial score (nSPS) is 19.1. The Labute approximate surface area is 88.0 Å². The van der Waals surface area contributed by atoms with Gasteiger partial charge < -0.3 is 10.4 Å². The first-order valence-electron chi connectivity index (χ1n) is 5.44. The maximum Gasteiger partial charge on any atom is 0.161 e. The van der Waals surface area contributed by atoms with E-state index in [4.69, 9.17) is 0 Å². The molecule has 1 aliphatic heterocycles. The van der Waals surface area contributed by atoms with Crippen molar-refractivity contribution >= 4 is 7.28 Å². The number of hydrogen-bond donors (Lipinski definition) is 2. The first-order valence-corrected chi connectivity index (χ1v) is 5.44. The van der Waals surface area contributed by atoms with E-state index in [-0.39, 0.29) is 5.31 Å². The molecule has 0 aromatic carbocycles. The van der Waals surface area contributed by atoms with E-state index in [9.17, 15) is 5.11 Å². The molecule has 0 atom stereocenters. The van der Waals surface area contributed by atoms with E-state index < -0.39 is 5.60 Å². The van der Waals surface area contributed by atoms with Crippen LogP contribution in [-0.2, 0) is 0 Å². The van der Waals surface area contributed by atoms with Crippen molar-refractivity contribution in [1.82, 2.24) is 5.32 Å². The van der Waals surface area contributed by atoms with Gasteiger partial charge in [0.1, 0.15) is 0 Å². The first-order chi connectivity index (χ1) is 6.33. The number of hydrogen-bond acceptors (Lipinski definition) is 2. The highest BCUT2D eigenvalue weighted by Gasteiger charge is 2.36. The summed E-state index contributed by atoms with van der Waals surface area (Å²) in [6.07, 6.45) is 3.39. The summed E-state index contributed by atoms with van der Waals surface area (Å²) < 4.78 is 0. The Morgan fingerprint density at radius 2 is 2.00 bits per heavy atom. The van der Waals surface area contributed by atoms with Gasteiger partial charge in [-0.1, -0.05) is 19.9 Å². The predicted molar refractivity (Wildman–Crippen MR) is 63.1 cm³/mol. The highest BCUT2D eigenvalue weighted by molar-refractivity contribution is 6.49. The molecule has 0 fully saturated rings. The fourth-order valence-corrected chi connectivity index (χ4v) is 1.61. The van der Waals surface area contributed by atoms with Crippen LogP contribution in [0.25, 0.3) is 0 Å². The Balaban J connectivity index is 2.62. The summed E-state index contributed by atoms with van der Waals surface area (Å²) in [5.41, 5.74) is 0.870. The van der Waals surface area contributed by atoms with Crippen LogP contribution in [-0.4, -0.2) is 31.1 Å². The molecule has 1 heterocycles. The molecule has 1 aliphatic rings. The Kier molecular flexibility index (Phi) is 3.43. The summed E-state index contributed by atoms with van der Waals surface area (Å²) >= 11 is 0. The van der Waals surface area contributed by atoms with Crippen LogP contribution in [0.1, 0.15) is 34.1 Å². The van der Waals surface area contributed by atoms with Gasteiger partial charge in [-0.3, -0.25) is 0 Å². The molecule has 0 amide bonds. The van der Waals surface area contributed by atoms with E-state index >= 15 is 0 Å². The van der Waals surface area contributed by atoms with Crippen molar-refractivity contribution in [3.05, 3.63) is 11.5 Å². The molecule has 0 aliphatic carbocycles. The second kappa shape index (κ2) is 4.07. The molecule has 0 spiro atoms. The molecule has 0 unspecified atom stereocenters. The molecule has 0 aromatic rings. The minimum absolute atomic E-state index is 0.0455. The van der Waals surface area contributed by atoms with E-state index in [1.807, 2.05) is 13.8 Å². The Morgan fingerprint density at radius 3 is 2.43 bits per heavy atom.